The highest BCUT2D eigenvalue weighted by Gasteiger charge is 2.40. The van der Waals surface area contributed by atoms with E-state index in [2.05, 4.69) is 40.5 Å². The molecule has 3 heteroatoms. The van der Waals surface area contributed by atoms with Crippen molar-refractivity contribution < 1.29 is 0 Å². The number of allylic oxidation sites excluding steroid dienone is 2. The molecule has 0 aliphatic heterocycles. The van der Waals surface area contributed by atoms with Gasteiger partial charge in [0.1, 0.15) is 0 Å². The summed E-state index contributed by atoms with van der Waals surface area (Å²) in [5.74, 6) is 0. The van der Waals surface area contributed by atoms with E-state index in [-0.39, 0.29) is 5.41 Å². The van der Waals surface area contributed by atoms with Crippen molar-refractivity contribution in [3.8, 4) is 0 Å². The molecule has 0 spiro atoms. The standard InChI is InChI=1S/C18H17ClN2/c19-15-8-6-14(7-9-15)18(10-11-18)17-12-13-4-2-1-3-5-16(13)20-21-17/h6-12H,1-5H2. The molecule has 2 aliphatic carbocycles. The lowest BCUT2D eigenvalue weighted by Gasteiger charge is -2.17. The third-order valence-electron chi connectivity index (χ3n) is 4.57. The van der Waals surface area contributed by atoms with Crippen molar-refractivity contribution in [1.29, 1.82) is 0 Å². The summed E-state index contributed by atoms with van der Waals surface area (Å²) >= 11 is 5.99. The maximum Gasteiger partial charge on any atom is 0.0816 e. The molecule has 0 radical (unpaired) electrons. The smallest absolute Gasteiger partial charge is 0.0816 e. The van der Waals surface area contributed by atoms with E-state index in [0.29, 0.717) is 0 Å². The van der Waals surface area contributed by atoms with Gasteiger partial charge in [-0.25, -0.2) is 0 Å². The van der Waals surface area contributed by atoms with Crippen LogP contribution in [-0.4, -0.2) is 10.2 Å². The highest BCUT2D eigenvalue weighted by atomic mass is 35.5. The van der Waals surface area contributed by atoms with Crippen LogP contribution in [0.1, 0.15) is 41.8 Å². The Kier molecular flexibility index (Phi) is 3.07. The van der Waals surface area contributed by atoms with Crippen LogP contribution in [0.5, 0.6) is 0 Å². The Morgan fingerprint density at radius 2 is 1.67 bits per heavy atom. The molecular formula is C18H17ClN2. The summed E-state index contributed by atoms with van der Waals surface area (Å²) in [6.45, 7) is 0. The van der Waals surface area contributed by atoms with Gasteiger partial charge in [-0.2, -0.15) is 10.2 Å². The van der Waals surface area contributed by atoms with Crippen molar-refractivity contribution in [2.24, 2.45) is 0 Å². The number of rotatable bonds is 2. The Balaban J connectivity index is 1.73. The lowest BCUT2D eigenvalue weighted by Crippen LogP contribution is -2.15. The molecule has 0 saturated heterocycles. The lowest BCUT2D eigenvalue weighted by molar-refractivity contribution is 0.705. The molecule has 2 aliphatic rings. The molecule has 0 atom stereocenters. The van der Waals surface area contributed by atoms with Gasteiger partial charge < -0.3 is 0 Å². The fourth-order valence-corrected chi connectivity index (χ4v) is 3.32. The molecule has 0 amide bonds. The van der Waals surface area contributed by atoms with Crippen molar-refractivity contribution in [3.05, 3.63) is 70.0 Å². The minimum Gasteiger partial charge on any atom is -0.155 e. The topological polar surface area (TPSA) is 25.8 Å². The van der Waals surface area contributed by atoms with E-state index in [1.807, 2.05) is 12.1 Å². The van der Waals surface area contributed by atoms with E-state index in [0.717, 1.165) is 23.6 Å². The molecule has 4 rings (SSSR count). The third-order valence-corrected chi connectivity index (χ3v) is 4.82. The summed E-state index contributed by atoms with van der Waals surface area (Å²) in [5.41, 5.74) is 4.70. The van der Waals surface area contributed by atoms with Crippen molar-refractivity contribution in [2.45, 2.75) is 37.5 Å². The largest absolute Gasteiger partial charge is 0.155 e. The van der Waals surface area contributed by atoms with Gasteiger partial charge in [0, 0.05) is 5.02 Å². The quantitative estimate of drug-likeness (QED) is 0.611. The second-order valence-electron chi connectivity index (χ2n) is 5.97. The highest BCUT2D eigenvalue weighted by molar-refractivity contribution is 6.30. The molecule has 2 nitrogen and oxygen atoms in total. The zero-order valence-corrected chi connectivity index (χ0v) is 12.6. The lowest BCUT2D eigenvalue weighted by atomic mass is 9.88. The SMILES string of the molecule is Clc1ccc(C2(c3cc4c(nn3)CCCCC4)C=C2)cc1. The maximum atomic E-state index is 5.99. The van der Waals surface area contributed by atoms with Gasteiger partial charge >= 0.3 is 0 Å². The Morgan fingerprint density at radius 3 is 2.43 bits per heavy atom. The second-order valence-corrected chi connectivity index (χ2v) is 6.41. The minimum absolute atomic E-state index is 0.154. The van der Waals surface area contributed by atoms with Crippen LogP contribution in [0.3, 0.4) is 0 Å². The van der Waals surface area contributed by atoms with E-state index in [1.165, 1.54) is 36.1 Å². The zero-order chi connectivity index (χ0) is 14.3. The highest BCUT2D eigenvalue weighted by Crippen LogP contribution is 2.44. The Labute approximate surface area is 129 Å². The van der Waals surface area contributed by atoms with Gasteiger partial charge in [-0.15, -0.1) is 0 Å². The zero-order valence-electron chi connectivity index (χ0n) is 11.8. The number of halogens is 1. The van der Waals surface area contributed by atoms with Gasteiger partial charge in [-0.1, -0.05) is 42.3 Å². The van der Waals surface area contributed by atoms with E-state index in [1.54, 1.807) is 0 Å². The molecule has 2 aromatic rings. The van der Waals surface area contributed by atoms with Crippen molar-refractivity contribution in [3.63, 3.8) is 0 Å². The van der Waals surface area contributed by atoms with Gasteiger partial charge in [0.05, 0.1) is 16.8 Å². The van der Waals surface area contributed by atoms with E-state index in [4.69, 9.17) is 11.6 Å². The summed E-state index contributed by atoms with van der Waals surface area (Å²) in [7, 11) is 0. The number of benzene rings is 1. The van der Waals surface area contributed by atoms with Crippen LogP contribution in [0.2, 0.25) is 5.02 Å². The molecule has 106 valence electrons. The van der Waals surface area contributed by atoms with Crippen molar-refractivity contribution >= 4 is 11.6 Å². The van der Waals surface area contributed by atoms with Crippen LogP contribution < -0.4 is 0 Å². The summed E-state index contributed by atoms with van der Waals surface area (Å²) in [6.07, 6.45) is 10.4. The van der Waals surface area contributed by atoms with Gasteiger partial charge in [-0.05, 0) is 55.0 Å². The first-order valence-electron chi connectivity index (χ1n) is 7.60. The van der Waals surface area contributed by atoms with Crippen LogP contribution in [-0.2, 0) is 18.3 Å². The van der Waals surface area contributed by atoms with Crippen molar-refractivity contribution in [1.82, 2.24) is 10.2 Å². The first-order valence-corrected chi connectivity index (χ1v) is 7.98. The molecule has 1 heterocycles. The van der Waals surface area contributed by atoms with Gasteiger partial charge in [-0.3, -0.25) is 0 Å². The second kappa shape index (κ2) is 4.96. The number of nitrogens with zero attached hydrogens (tertiary/aromatic N) is 2. The number of hydrogen-bond acceptors (Lipinski definition) is 2. The molecule has 1 aromatic carbocycles. The van der Waals surface area contributed by atoms with Crippen molar-refractivity contribution in [2.75, 3.05) is 0 Å². The molecule has 0 fully saturated rings. The van der Waals surface area contributed by atoms with Gasteiger partial charge in [0.15, 0.2) is 0 Å². The average Bonchev–Trinajstić information content (AvgIpc) is 3.32. The number of hydrogen-bond donors (Lipinski definition) is 0. The maximum absolute atomic E-state index is 5.99. The summed E-state index contributed by atoms with van der Waals surface area (Å²) in [4.78, 5) is 0. The number of fused-ring (bicyclic) bond motifs is 1. The van der Waals surface area contributed by atoms with Crippen LogP contribution in [0.4, 0.5) is 0 Å². The predicted octanol–water partition coefficient (Wildman–Crippen LogP) is 4.25. The molecule has 0 unspecified atom stereocenters. The normalized spacial score (nSPS) is 18.9. The van der Waals surface area contributed by atoms with Gasteiger partial charge in [0.2, 0.25) is 0 Å². The summed E-state index contributed by atoms with van der Waals surface area (Å²) in [6, 6.07) is 10.3. The first kappa shape index (κ1) is 13.0. The van der Waals surface area contributed by atoms with Gasteiger partial charge in [0.25, 0.3) is 0 Å². The van der Waals surface area contributed by atoms with E-state index < -0.39 is 0 Å². The number of aromatic nitrogens is 2. The van der Waals surface area contributed by atoms with Crippen LogP contribution in [0.15, 0.2) is 42.5 Å². The number of aryl methyl sites for hydroxylation is 2. The minimum atomic E-state index is -0.154. The molecule has 0 N–H and O–H groups in total. The fraction of sp³-hybridized carbons (Fsp3) is 0.333. The molecule has 0 saturated carbocycles. The molecular weight excluding hydrogens is 280 g/mol. The Hall–Kier alpha value is -1.67. The Bertz CT molecular complexity index is 698. The van der Waals surface area contributed by atoms with Crippen LogP contribution >= 0.6 is 11.6 Å². The molecule has 1 aromatic heterocycles. The first-order chi connectivity index (χ1) is 10.3. The third kappa shape index (κ3) is 2.28. The Morgan fingerprint density at radius 1 is 0.905 bits per heavy atom. The predicted molar refractivity (Wildman–Crippen MR) is 84.7 cm³/mol. The molecule has 21 heavy (non-hydrogen) atoms. The van der Waals surface area contributed by atoms with E-state index >= 15 is 0 Å². The fourth-order valence-electron chi connectivity index (χ4n) is 3.19. The van der Waals surface area contributed by atoms with E-state index in [9.17, 15) is 0 Å². The summed E-state index contributed by atoms with van der Waals surface area (Å²) in [5, 5.41) is 9.80. The van der Waals surface area contributed by atoms with Crippen LogP contribution in [0.25, 0.3) is 0 Å². The van der Waals surface area contributed by atoms with Crippen LogP contribution in [0, 0.1) is 0 Å². The average molecular weight is 297 g/mol. The monoisotopic (exact) mass is 296 g/mol. The molecule has 0 bridgehead atoms. The summed E-state index contributed by atoms with van der Waals surface area (Å²) < 4.78 is 0.